The number of ketones is 2. The van der Waals surface area contributed by atoms with E-state index < -0.39 is 0 Å². The van der Waals surface area contributed by atoms with Crippen molar-refractivity contribution in [1.82, 2.24) is 15.1 Å². The number of nitrogens with one attached hydrogen (secondary N) is 1. The van der Waals surface area contributed by atoms with Crippen LogP contribution in [0.3, 0.4) is 0 Å². The Bertz CT molecular complexity index is 1650. The molecule has 0 aromatic rings. The Balaban J connectivity index is 0.966. The third-order valence-electron chi connectivity index (χ3n) is 19.3. The van der Waals surface area contributed by atoms with Crippen molar-refractivity contribution in [3.8, 4) is 0 Å². The third-order valence-corrected chi connectivity index (χ3v) is 19.3. The van der Waals surface area contributed by atoms with Crippen LogP contribution in [0.4, 0.5) is 0 Å². The molecular formula is C60H103N3O7. The number of Topliss-reactive ketones (excluding diaryl/α,β-unsaturated/α-hetero) is 2. The summed E-state index contributed by atoms with van der Waals surface area (Å²) in [4.78, 5) is 68.1. The van der Waals surface area contributed by atoms with Crippen molar-refractivity contribution in [1.29, 1.82) is 0 Å². The molecule has 0 aromatic carbocycles. The molecule has 70 heavy (non-hydrogen) atoms. The minimum Gasteiger partial charge on any atom is -0.396 e. The van der Waals surface area contributed by atoms with Gasteiger partial charge in [0.15, 0.2) is 5.78 Å². The number of likely N-dealkylation sites (tertiary alicyclic amines) is 1. The fourth-order valence-corrected chi connectivity index (χ4v) is 15.2. The van der Waals surface area contributed by atoms with Crippen molar-refractivity contribution in [2.45, 2.75) is 252 Å². The van der Waals surface area contributed by atoms with Gasteiger partial charge >= 0.3 is 0 Å². The number of nitrogens with zero attached hydrogens (tertiary/aromatic N) is 2. The van der Waals surface area contributed by atoms with E-state index in [2.05, 4.69) is 45.2 Å². The molecule has 400 valence electrons. The molecule has 0 aromatic heterocycles. The molecule has 5 fully saturated rings. The lowest BCUT2D eigenvalue weighted by atomic mass is 9.44. The quantitative estimate of drug-likeness (QED) is 0.0439. The van der Waals surface area contributed by atoms with Gasteiger partial charge in [-0.05, 0) is 169 Å². The van der Waals surface area contributed by atoms with Crippen molar-refractivity contribution >= 4 is 29.3 Å². The fraction of sp³-hybridized carbons (Fsp3) is 0.883. The van der Waals surface area contributed by atoms with Crippen LogP contribution >= 0.6 is 0 Å². The molecule has 5 rings (SSSR count). The number of carbonyl (C=O) groups is 5. The molecule has 10 nitrogen and oxygen atoms in total. The highest BCUT2D eigenvalue weighted by Crippen LogP contribution is 2.68. The van der Waals surface area contributed by atoms with Gasteiger partial charge in [0.2, 0.25) is 17.7 Å². The number of carbonyl (C=O) groups excluding carboxylic acids is 5. The molecule has 3 amide bonds. The third kappa shape index (κ3) is 17.0. The standard InChI is InChI=1S/C60H103N3O7/c1-6-7-8-9-10-11-12-13-14-15-16-17-18-19-23-26-56(68)61-49-34-36-59(4)48(39-49)29-30-52-54-32-31-53(60(54,5)37-35-55(52)59)45(2)28-33-57(69)62(40-46(3)66)42-51(67)25-22-20-21-24-27-58(70)63-41-47(43-64)38-50(63)44-65/h13-14,45,47-50,52-55,64-65H,6-12,15-44H2,1-5H3,(H,61,68)/b14-13-/t45-,47-,48?,49+,50+,52?,53-,54?,55?,59+,60-/m1/s1. The van der Waals surface area contributed by atoms with E-state index in [1.807, 2.05) is 0 Å². The van der Waals surface area contributed by atoms with Crippen molar-refractivity contribution in [3.05, 3.63) is 12.2 Å². The first-order chi connectivity index (χ1) is 33.7. The number of allylic oxidation sites excluding steroid dienone is 2. The summed E-state index contributed by atoms with van der Waals surface area (Å²) < 4.78 is 0. The van der Waals surface area contributed by atoms with Gasteiger partial charge in [-0.25, -0.2) is 0 Å². The minimum absolute atomic E-state index is 0.0146. The van der Waals surface area contributed by atoms with Gasteiger partial charge in [-0.1, -0.05) is 104 Å². The average molecular weight is 978 g/mol. The Morgan fingerprint density at radius 3 is 1.99 bits per heavy atom. The zero-order valence-electron chi connectivity index (χ0n) is 45.3. The Hall–Kier alpha value is -2.59. The Kier molecular flexibility index (Phi) is 24.9. The molecule has 3 N–H and O–H groups in total. The summed E-state index contributed by atoms with van der Waals surface area (Å²) in [7, 11) is 0. The Morgan fingerprint density at radius 1 is 0.686 bits per heavy atom. The van der Waals surface area contributed by atoms with Crippen LogP contribution in [-0.2, 0) is 24.0 Å². The van der Waals surface area contributed by atoms with Crippen LogP contribution in [0, 0.1) is 52.3 Å². The average Bonchev–Trinajstić information content (AvgIpc) is 3.94. The van der Waals surface area contributed by atoms with Gasteiger partial charge in [0.25, 0.3) is 0 Å². The lowest BCUT2D eigenvalue weighted by Gasteiger charge is -2.61. The highest BCUT2D eigenvalue weighted by Gasteiger charge is 2.60. The number of hydrogen-bond acceptors (Lipinski definition) is 7. The smallest absolute Gasteiger partial charge is 0.223 e. The topological polar surface area (TPSA) is 144 Å². The van der Waals surface area contributed by atoms with E-state index in [1.165, 1.54) is 127 Å². The Morgan fingerprint density at radius 2 is 1.31 bits per heavy atom. The maximum Gasteiger partial charge on any atom is 0.223 e. The molecule has 1 saturated heterocycles. The number of aliphatic hydroxyl groups is 2. The molecule has 4 aliphatic carbocycles. The number of fused-ring (bicyclic) bond motifs is 5. The van der Waals surface area contributed by atoms with Gasteiger partial charge < -0.3 is 25.3 Å². The highest BCUT2D eigenvalue weighted by atomic mass is 16.3. The highest BCUT2D eigenvalue weighted by molar-refractivity contribution is 5.89. The molecule has 0 bridgehead atoms. The van der Waals surface area contributed by atoms with E-state index in [1.54, 1.807) is 4.90 Å². The summed E-state index contributed by atoms with van der Waals surface area (Å²) in [6.07, 6.45) is 38.6. The molecular weight excluding hydrogens is 875 g/mol. The first-order valence-electron chi connectivity index (χ1n) is 29.5. The predicted octanol–water partition coefficient (Wildman–Crippen LogP) is 12.1. The van der Waals surface area contributed by atoms with E-state index >= 15 is 0 Å². The normalized spacial score (nSPS) is 29.9. The van der Waals surface area contributed by atoms with Gasteiger partial charge in [0.1, 0.15) is 5.78 Å². The van der Waals surface area contributed by atoms with Crippen LogP contribution in [0.25, 0.3) is 0 Å². The second kappa shape index (κ2) is 29.9. The van der Waals surface area contributed by atoms with Gasteiger partial charge in [-0.2, -0.15) is 0 Å². The summed E-state index contributed by atoms with van der Waals surface area (Å²) in [5.41, 5.74) is 0.636. The van der Waals surface area contributed by atoms with E-state index in [-0.39, 0.29) is 73.0 Å². The van der Waals surface area contributed by atoms with Crippen LogP contribution in [0.1, 0.15) is 240 Å². The zero-order chi connectivity index (χ0) is 50.5. The number of rotatable bonds is 33. The molecule has 4 unspecified atom stereocenters. The number of aliphatic hydroxyl groups excluding tert-OH is 2. The number of amides is 3. The minimum atomic E-state index is -0.212. The van der Waals surface area contributed by atoms with E-state index in [4.69, 9.17) is 0 Å². The van der Waals surface area contributed by atoms with E-state index in [9.17, 15) is 34.2 Å². The van der Waals surface area contributed by atoms with Crippen LogP contribution in [0.2, 0.25) is 0 Å². The van der Waals surface area contributed by atoms with Crippen molar-refractivity contribution in [2.75, 3.05) is 32.8 Å². The number of unbranched alkanes of at least 4 members (excludes halogenated alkanes) is 14. The van der Waals surface area contributed by atoms with Gasteiger partial charge in [0.05, 0.1) is 25.7 Å². The fourth-order valence-electron chi connectivity index (χ4n) is 15.2. The lowest BCUT2D eigenvalue weighted by molar-refractivity contribution is -0.138. The lowest BCUT2D eigenvalue weighted by Crippen LogP contribution is -2.55. The van der Waals surface area contributed by atoms with Crippen LogP contribution < -0.4 is 5.32 Å². The van der Waals surface area contributed by atoms with E-state index in [0.717, 1.165) is 62.7 Å². The van der Waals surface area contributed by atoms with Crippen LogP contribution in [-0.4, -0.2) is 94.2 Å². The molecule has 5 aliphatic rings. The van der Waals surface area contributed by atoms with Crippen LogP contribution in [0.15, 0.2) is 12.2 Å². The van der Waals surface area contributed by atoms with Crippen molar-refractivity contribution in [3.63, 3.8) is 0 Å². The van der Waals surface area contributed by atoms with Crippen molar-refractivity contribution in [2.24, 2.45) is 52.3 Å². The van der Waals surface area contributed by atoms with Crippen molar-refractivity contribution < 1.29 is 34.2 Å². The molecule has 1 heterocycles. The van der Waals surface area contributed by atoms with Gasteiger partial charge in [0, 0.05) is 50.8 Å². The summed E-state index contributed by atoms with van der Waals surface area (Å²) >= 11 is 0. The second-order valence-electron chi connectivity index (χ2n) is 24.3. The summed E-state index contributed by atoms with van der Waals surface area (Å²) in [6, 6.07) is 0.114. The maximum atomic E-state index is 13.7. The SMILES string of the molecule is CCCCCCCC/C=C\CCCCCCCC(=O)N[C@H]1CC[C@@]2(C)C(CCC3C2CC[C@@]2(C)C3CC[C@@H]2[C@H](C)CCC(=O)N(CC(C)=O)CC(=O)CCCCCCC(=O)N2C[C@H](CO)C[C@H]2CO)C1. The first-order valence-corrected chi connectivity index (χ1v) is 29.5. The maximum absolute atomic E-state index is 13.7. The molecule has 0 radical (unpaired) electrons. The predicted molar refractivity (Wildman–Crippen MR) is 283 cm³/mol. The summed E-state index contributed by atoms with van der Waals surface area (Å²) in [6.45, 7) is 11.7. The number of hydrogen-bond donors (Lipinski definition) is 3. The summed E-state index contributed by atoms with van der Waals surface area (Å²) in [5.74, 6) is 3.99. The van der Waals surface area contributed by atoms with E-state index in [0.29, 0.717) is 80.7 Å². The second-order valence-corrected chi connectivity index (χ2v) is 24.3. The monoisotopic (exact) mass is 978 g/mol. The van der Waals surface area contributed by atoms with Gasteiger partial charge in [-0.15, -0.1) is 0 Å². The summed E-state index contributed by atoms with van der Waals surface area (Å²) in [5, 5.41) is 22.7. The molecule has 0 spiro atoms. The zero-order valence-corrected chi connectivity index (χ0v) is 45.3. The van der Waals surface area contributed by atoms with Crippen LogP contribution in [0.5, 0.6) is 0 Å². The molecule has 1 aliphatic heterocycles. The molecule has 4 saturated carbocycles. The molecule has 10 heteroatoms. The van der Waals surface area contributed by atoms with Gasteiger partial charge in [-0.3, -0.25) is 24.0 Å². The first kappa shape index (κ1) is 58.3. The Labute approximate surface area is 426 Å². The largest absolute Gasteiger partial charge is 0.396 e. The molecule has 11 atom stereocenters.